The van der Waals surface area contributed by atoms with Crippen LogP contribution in [0.4, 0.5) is 0 Å². The number of nitrogens with two attached hydrogens (primary N) is 1. The van der Waals surface area contributed by atoms with Gasteiger partial charge in [-0.15, -0.1) is 11.3 Å². The van der Waals surface area contributed by atoms with Gasteiger partial charge in [-0.2, -0.15) is 0 Å². The first-order chi connectivity index (χ1) is 11.9. The standard InChI is InChI=1S/C18H21N3O3S/c1-11-17(25-12(2)20-11)18(23)21-7-8-24-15-5-3-13(4-6-16(19)22)9-14(15)10-21/h3,5,9H,4,6-8,10H2,1-2H3,(H2,19,22). The largest absolute Gasteiger partial charge is 0.491 e. The zero-order valence-electron chi connectivity index (χ0n) is 14.4. The summed E-state index contributed by atoms with van der Waals surface area (Å²) >= 11 is 1.42. The van der Waals surface area contributed by atoms with Crippen molar-refractivity contribution in [3.8, 4) is 5.75 Å². The van der Waals surface area contributed by atoms with Crippen molar-refractivity contribution in [3.05, 3.63) is 44.9 Å². The Morgan fingerprint density at radius 3 is 2.84 bits per heavy atom. The molecule has 0 saturated heterocycles. The van der Waals surface area contributed by atoms with Crippen molar-refractivity contribution in [1.82, 2.24) is 9.88 Å². The van der Waals surface area contributed by atoms with E-state index < -0.39 is 0 Å². The number of aryl methyl sites for hydroxylation is 3. The summed E-state index contributed by atoms with van der Waals surface area (Å²) in [5.41, 5.74) is 7.96. The Labute approximate surface area is 150 Å². The molecular formula is C18H21N3O3S. The molecule has 0 unspecified atom stereocenters. The average Bonchev–Trinajstić information content (AvgIpc) is 2.79. The Bertz CT molecular complexity index is 816. The first kappa shape index (κ1) is 17.4. The molecule has 2 amide bonds. The molecule has 0 fully saturated rings. The summed E-state index contributed by atoms with van der Waals surface area (Å²) in [6.45, 7) is 5.23. The number of hydrogen-bond donors (Lipinski definition) is 1. The second-order valence-electron chi connectivity index (χ2n) is 6.13. The highest BCUT2D eigenvalue weighted by atomic mass is 32.1. The third-order valence-corrected chi connectivity index (χ3v) is 5.21. The highest BCUT2D eigenvalue weighted by Crippen LogP contribution is 2.27. The number of fused-ring (bicyclic) bond motifs is 1. The lowest BCUT2D eigenvalue weighted by Crippen LogP contribution is -2.32. The van der Waals surface area contributed by atoms with Crippen LogP contribution < -0.4 is 10.5 Å². The third-order valence-electron chi connectivity index (χ3n) is 4.15. The Morgan fingerprint density at radius 1 is 1.36 bits per heavy atom. The SMILES string of the molecule is Cc1nc(C)c(C(=O)N2CCOc3ccc(CCC(N)=O)cc3C2)s1. The second kappa shape index (κ2) is 7.23. The number of rotatable bonds is 4. The van der Waals surface area contributed by atoms with Crippen molar-refractivity contribution >= 4 is 23.2 Å². The Hall–Kier alpha value is -2.41. The number of ether oxygens (including phenoxy) is 1. The Morgan fingerprint density at radius 2 is 2.16 bits per heavy atom. The fourth-order valence-corrected chi connectivity index (χ4v) is 3.81. The topological polar surface area (TPSA) is 85.5 Å². The van der Waals surface area contributed by atoms with E-state index in [0.29, 0.717) is 37.4 Å². The predicted molar refractivity (Wildman–Crippen MR) is 95.8 cm³/mol. The van der Waals surface area contributed by atoms with Crippen LogP contribution in [0.5, 0.6) is 5.75 Å². The van der Waals surface area contributed by atoms with E-state index in [1.54, 1.807) is 4.90 Å². The molecule has 0 atom stereocenters. The molecule has 0 aliphatic carbocycles. The van der Waals surface area contributed by atoms with E-state index in [1.165, 1.54) is 11.3 Å². The number of amides is 2. The Balaban J connectivity index is 1.82. The molecule has 1 aromatic carbocycles. The molecule has 6 nitrogen and oxygen atoms in total. The molecule has 7 heteroatoms. The summed E-state index contributed by atoms with van der Waals surface area (Å²) in [5.74, 6) is 0.455. The van der Waals surface area contributed by atoms with Crippen molar-refractivity contribution in [2.75, 3.05) is 13.2 Å². The van der Waals surface area contributed by atoms with Crippen molar-refractivity contribution < 1.29 is 14.3 Å². The van der Waals surface area contributed by atoms with Gasteiger partial charge in [0.2, 0.25) is 5.91 Å². The third kappa shape index (κ3) is 3.99. The lowest BCUT2D eigenvalue weighted by Gasteiger charge is -2.19. The van der Waals surface area contributed by atoms with Gasteiger partial charge < -0.3 is 15.4 Å². The van der Waals surface area contributed by atoms with E-state index >= 15 is 0 Å². The summed E-state index contributed by atoms with van der Waals surface area (Å²) in [6.07, 6.45) is 0.894. The molecule has 0 spiro atoms. The molecule has 1 aromatic heterocycles. The van der Waals surface area contributed by atoms with Gasteiger partial charge in [-0.05, 0) is 31.9 Å². The maximum absolute atomic E-state index is 12.9. The monoisotopic (exact) mass is 359 g/mol. The maximum atomic E-state index is 12.9. The van der Waals surface area contributed by atoms with Gasteiger partial charge in [0.25, 0.3) is 5.91 Å². The maximum Gasteiger partial charge on any atom is 0.266 e. The van der Waals surface area contributed by atoms with Gasteiger partial charge in [0, 0.05) is 18.5 Å². The Kier molecular flexibility index (Phi) is 5.03. The van der Waals surface area contributed by atoms with E-state index in [0.717, 1.165) is 27.6 Å². The first-order valence-corrected chi connectivity index (χ1v) is 9.02. The minimum Gasteiger partial charge on any atom is -0.491 e. The van der Waals surface area contributed by atoms with E-state index in [1.807, 2.05) is 32.0 Å². The van der Waals surface area contributed by atoms with Gasteiger partial charge in [0.15, 0.2) is 0 Å². The van der Waals surface area contributed by atoms with Gasteiger partial charge in [-0.25, -0.2) is 4.98 Å². The van der Waals surface area contributed by atoms with Gasteiger partial charge in [0.1, 0.15) is 17.2 Å². The van der Waals surface area contributed by atoms with Crippen LogP contribution in [0.15, 0.2) is 18.2 Å². The number of primary amides is 1. The average molecular weight is 359 g/mol. The number of carbonyl (C=O) groups excluding carboxylic acids is 2. The molecule has 3 rings (SSSR count). The number of nitrogens with zero attached hydrogens (tertiary/aromatic N) is 2. The van der Waals surface area contributed by atoms with Gasteiger partial charge in [0.05, 0.1) is 17.2 Å². The number of aromatic nitrogens is 1. The van der Waals surface area contributed by atoms with Crippen LogP contribution in [0.3, 0.4) is 0 Å². The minimum atomic E-state index is -0.320. The molecule has 2 N–H and O–H groups in total. The molecule has 1 aliphatic rings. The summed E-state index contributed by atoms with van der Waals surface area (Å²) in [6, 6.07) is 5.84. The fourth-order valence-electron chi connectivity index (χ4n) is 2.92. The molecule has 25 heavy (non-hydrogen) atoms. The molecule has 2 aromatic rings. The summed E-state index contributed by atoms with van der Waals surface area (Å²) < 4.78 is 5.78. The quantitative estimate of drug-likeness (QED) is 0.907. The van der Waals surface area contributed by atoms with Crippen LogP contribution in [0.25, 0.3) is 0 Å². The molecular weight excluding hydrogens is 338 g/mol. The van der Waals surface area contributed by atoms with E-state index in [9.17, 15) is 9.59 Å². The summed E-state index contributed by atoms with van der Waals surface area (Å²) in [5, 5.41) is 0.890. The predicted octanol–water partition coefficient (Wildman–Crippen LogP) is 2.21. The smallest absolute Gasteiger partial charge is 0.266 e. The van der Waals surface area contributed by atoms with Crippen LogP contribution in [-0.4, -0.2) is 34.8 Å². The highest BCUT2D eigenvalue weighted by Gasteiger charge is 2.24. The molecule has 0 saturated carbocycles. The van der Waals surface area contributed by atoms with Gasteiger partial charge in [-0.1, -0.05) is 12.1 Å². The van der Waals surface area contributed by atoms with Crippen molar-refractivity contribution in [2.24, 2.45) is 5.73 Å². The second-order valence-corrected chi connectivity index (χ2v) is 7.33. The van der Waals surface area contributed by atoms with Crippen LogP contribution in [0.2, 0.25) is 0 Å². The van der Waals surface area contributed by atoms with Crippen LogP contribution in [-0.2, 0) is 17.8 Å². The van der Waals surface area contributed by atoms with Gasteiger partial charge in [-0.3, -0.25) is 9.59 Å². The molecule has 2 heterocycles. The first-order valence-electron chi connectivity index (χ1n) is 8.20. The lowest BCUT2D eigenvalue weighted by atomic mass is 10.0. The summed E-state index contributed by atoms with van der Waals surface area (Å²) in [7, 11) is 0. The zero-order valence-corrected chi connectivity index (χ0v) is 15.2. The van der Waals surface area contributed by atoms with Crippen LogP contribution in [0, 0.1) is 13.8 Å². The number of benzene rings is 1. The zero-order chi connectivity index (χ0) is 18.0. The summed E-state index contributed by atoms with van der Waals surface area (Å²) in [4.78, 5) is 30.7. The van der Waals surface area contributed by atoms with Crippen molar-refractivity contribution in [1.29, 1.82) is 0 Å². The molecule has 0 radical (unpaired) electrons. The molecule has 1 aliphatic heterocycles. The number of hydrogen-bond acceptors (Lipinski definition) is 5. The van der Waals surface area contributed by atoms with E-state index in [-0.39, 0.29) is 11.8 Å². The molecule has 0 bridgehead atoms. The van der Waals surface area contributed by atoms with Crippen LogP contribution >= 0.6 is 11.3 Å². The van der Waals surface area contributed by atoms with Gasteiger partial charge >= 0.3 is 0 Å². The number of carbonyl (C=O) groups is 2. The fraction of sp³-hybridized carbons (Fsp3) is 0.389. The highest BCUT2D eigenvalue weighted by molar-refractivity contribution is 7.13. The lowest BCUT2D eigenvalue weighted by molar-refractivity contribution is -0.117. The normalized spacial score (nSPS) is 13.8. The van der Waals surface area contributed by atoms with Crippen LogP contribution in [0.1, 0.15) is 37.9 Å². The van der Waals surface area contributed by atoms with E-state index in [2.05, 4.69) is 4.98 Å². The van der Waals surface area contributed by atoms with E-state index in [4.69, 9.17) is 10.5 Å². The minimum absolute atomic E-state index is 0.0120. The van der Waals surface area contributed by atoms with Crippen molar-refractivity contribution in [3.63, 3.8) is 0 Å². The number of thiazole rings is 1. The molecule has 132 valence electrons. The van der Waals surface area contributed by atoms with Crippen molar-refractivity contribution in [2.45, 2.75) is 33.2 Å².